The molecule has 1 atom stereocenters. The van der Waals surface area contributed by atoms with Gasteiger partial charge in [-0.1, -0.05) is 19.9 Å². The van der Waals surface area contributed by atoms with Crippen molar-refractivity contribution in [2.75, 3.05) is 0 Å². The molecule has 1 aliphatic rings. The first-order chi connectivity index (χ1) is 13.2. The number of carbonyl (C=O) groups excluding carboxylic acids is 1. The highest BCUT2D eigenvalue weighted by Gasteiger charge is 2.35. The van der Waals surface area contributed by atoms with Crippen LogP contribution in [0, 0.1) is 19.3 Å². The van der Waals surface area contributed by atoms with Gasteiger partial charge in [0.25, 0.3) is 0 Å². The van der Waals surface area contributed by atoms with Crippen LogP contribution in [0.25, 0.3) is 5.57 Å². The monoisotopic (exact) mass is 465 g/mol. The van der Waals surface area contributed by atoms with E-state index < -0.39 is 11.7 Å². The first-order valence-electron chi connectivity index (χ1n) is 10.5. The summed E-state index contributed by atoms with van der Waals surface area (Å²) >= 11 is 3.77. The van der Waals surface area contributed by atoms with Crippen LogP contribution in [0.5, 0.6) is 0 Å². The molecular formula is C24H36BrNO3. The third-order valence-corrected chi connectivity index (χ3v) is 6.09. The van der Waals surface area contributed by atoms with E-state index in [0.717, 1.165) is 46.2 Å². The number of halogens is 1. The molecule has 0 radical (unpaired) electrons. The van der Waals surface area contributed by atoms with Crippen LogP contribution >= 0.6 is 15.9 Å². The maximum Gasteiger partial charge on any atom is 0.340 e. The fraction of sp³-hybridized carbons (Fsp3) is 0.667. The number of hydrogen-bond acceptors (Lipinski definition) is 4. The third kappa shape index (κ3) is 6.14. The van der Waals surface area contributed by atoms with Gasteiger partial charge in [0.2, 0.25) is 0 Å². The Kier molecular flexibility index (Phi) is 7.38. The van der Waals surface area contributed by atoms with E-state index in [1.807, 2.05) is 48.5 Å². The van der Waals surface area contributed by atoms with Crippen LogP contribution in [0.2, 0.25) is 0 Å². The molecule has 0 amide bonds. The van der Waals surface area contributed by atoms with E-state index in [1.54, 1.807) is 0 Å². The van der Waals surface area contributed by atoms with Gasteiger partial charge in [0.15, 0.2) is 6.10 Å². The highest BCUT2D eigenvalue weighted by molar-refractivity contribution is 9.10. The number of esters is 1. The van der Waals surface area contributed by atoms with Gasteiger partial charge in [0.05, 0.1) is 17.4 Å². The van der Waals surface area contributed by atoms with E-state index in [2.05, 4.69) is 35.9 Å². The Hall–Kier alpha value is -1.20. The predicted molar refractivity (Wildman–Crippen MR) is 122 cm³/mol. The Bertz CT molecular complexity index is 803. The lowest BCUT2D eigenvalue weighted by Crippen LogP contribution is -2.31. The van der Waals surface area contributed by atoms with Crippen molar-refractivity contribution in [2.24, 2.45) is 5.41 Å². The second-order valence-electron chi connectivity index (χ2n) is 10.1. The number of allylic oxidation sites excluding steroid dienone is 2. The first-order valence-corrected chi connectivity index (χ1v) is 11.3. The standard InChI is InChI=1S/C24H36BrNO3/c1-14(2)28-22(27)21(29-23(5,6)7)18-15(3)26-16(4)20(25)19(18)17-10-12-24(8,9)13-11-17/h10,14,21H,11-13H2,1-9H3/t21-/m0/s1. The summed E-state index contributed by atoms with van der Waals surface area (Å²) in [6, 6.07) is 0. The van der Waals surface area contributed by atoms with Crippen LogP contribution in [0.15, 0.2) is 10.5 Å². The normalized spacial score (nSPS) is 17.8. The van der Waals surface area contributed by atoms with Crippen molar-refractivity contribution in [3.05, 3.63) is 33.1 Å². The zero-order valence-corrected chi connectivity index (χ0v) is 21.0. The molecule has 162 valence electrons. The Balaban J connectivity index is 2.68. The maximum absolute atomic E-state index is 13.1. The number of carbonyl (C=O) groups is 1. The quantitative estimate of drug-likeness (QED) is 0.445. The Labute approximate surface area is 184 Å². The summed E-state index contributed by atoms with van der Waals surface area (Å²) < 4.78 is 12.8. The van der Waals surface area contributed by atoms with Crippen molar-refractivity contribution in [3.8, 4) is 0 Å². The molecule has 2 rings (SSSR count). The van der Waals surface area contributed by atoms with Crippen LogP contribution < -0.4 is 0 Å². The number of rotatable bonds is 5. The number of ether oxygens (including phenoxy) is 2. The van der Waals surface area contributed by atoms with Crippen molar-refractivity contribution >= 4 is 27.5 Å². The fourth-order valence-corrected chi connectivity index (χ4v) is 4.21. The van der Waals surface area contributed by atoms with Gasteiger partial charge in [-0.25, -0.2) is 4.79 Å². The second kappa shape index (κ2) is 8.89. The van der Waals surface area contributed by atoms with Crippen LogP contribution in [0.4, 0.5) is 0 Å². The van der Waals surface area contributed by atoms with Crippen LogP contribution in [-0.2, 0) is 14.3 Å². The molecule has 1 aromatic rings. The molecule has 0 saturated carbocycles. The number of aromatic nitrogens is 1. The zero-order valence-electron chi connectivity index (χ0n) is 19.4. The van der Waals surface area contributed by atoms with Crippen molar-refractivity contribution < 1.29 is 14.3 Å². The van der Waals surface area contributed by atoms with Gasteiger partial charge in [-0.3, -0.25) is 4.98 Å². The lowest BCUT2D eigenvalue weighted by Gasteiger charge is -2.33. The second-order valence-corrected chi connectivity index (χ2v) is 10.9. The smallest absolute Gasteiger partial charge is 0.340 e. The lowest BCUT2D eigenvalue weighted by atomic mass is 9.76. The summed E-state index contributed by atoms with van der Waals surface area (Å²) in [5, 5.41) is 0. The molecule has 0 bridgehead atoms. The summed E-state index contributed by atoms with van der Waals surface area (Å²) in [6.07, 6.45) is 4.35. The molecule has 1 aliphatic carbocycles. The van der Waals surface area contributed by atoms with Crippen LogP contribution in [0.3, 0.4) is 0 Å². The maximum atomic E-state index is 13.1. The summed E-state index contributed by atoms with van der Waals surface area (Å²) in [6.45, 7) is 18.1. The number of aryl methyl sites for hydroxylation is 2. The van der Waals surface area contributed by atoms with Crippen molar-refractivity contribution in [1.29, 1.82) is 0 Å². The molecule has 4 nitrogen and oxygen atoms in total. The van der Waals surface area contributed by atoms with E-state index in [9.17, 15) is 4.79 Å². The van der Waals surface area contributed by atoms with Crippen molar-refractivity contribution in [2.45, 2.75) is 99.4 Å². The molecule has 0 fully saturated rings. The molecule has 5 heteroatoms. The van der Waals surface area contributed by atoms with Gasteiger partial charge in [0, 0.05) is 21.3 Å². The first kappa shape index (κ1) is 24.1. The molecule has 0 unspecified atom stereocenters. The molecule has 0 saturated heterocycles. The minimum absolute atomic E-state index is 0.214. The summed E-state index contributed by atoms with van der Waals surface area (Å²) in [5.74, 6) is -0.367. The molecule has 0 N–H and O–H groups in total. The lowest BCUT2D eigenvalue weighted by molar-refractivity contribution is -0.171. The molecular weight excluding hydrogens is 430 g/mol. The number of pyridine rings is 1. The Morgan fingerprint density at radius 2 is 1.83 bits per heavy atom. The summed E-state index contributed by atoms with van der Waals surface area (Å²) in [5.41, 5.74) is 4.62. The number of nitrogens with zero attached hydrogens (tertiary/aromatic N) is 1. The molecule has 0 spiro atoms. The molecule has 1 heterocycles. The van der Waals surface area contributed by atoms with Gasteiger partial charge in [-0.15, -0.1) is 0 Å². The van der Waals surface area contributed by atoms with Crippen LogP contribution in [0.1, 0.15) is 96.3 Å². The van der Waals surface area contributed by atoms with Gasteiger partial charge in [-0.05, 0) is 94.6 Å². The highest BCUT2D eigenvalue weighted by atomic mass is 79.9. The van der Waals surface area contributed by atoms with E-state index in [1.165, 1.54) is 5.57 Å². The SMILES string of the molecule is Cc1nc(C)c([C@H](OC(C)(C)C)C(=O)OC(C)C)c(C2=CCC(C)(C)CC2)c1Br. The van der Waals surface area contributed by atoms with Gasteiger partial charge >= 0.3 is 5.97 Å². The summed E-state index contributed by atoms with van der Waals surface area (Å²) in [7, 11) is 0. The fourth-order valence-electron chi connectivity index (χ4n) is 3.65. The topological polar surface area (TPSA) is 48.4 Å². The zero-order chi connectivity index (χ0) is 22.1. The van der Waals surface area contributed by atoms with Crippen molar-refractivity contribution in [3.63, 3.8) is 0 Å². The summed E-state index contributed by atoms with van der Waals surface area (Å²) in [4.78, 5) is 17.8. The average molecular weight is 466 g/mol. The molecule has 0 aromatic carbocycles. The number of hydrogen-bond donors (Lipinski definition) is 0. The highest BCUT2D eigenvalue weighted by Crippen LogP contribution is 2.44. The average Bonchev–Trinajstić information content (AvgIpc) is 2.55. The van der Waals surface area contributed by atoms with Gasteiger partial charge in [0.1, 0.15) is 0 Å². The van der Waals surface area contributed by atoms with Gasteiger partial charge < -0.3 is 9.47 Å². The van der Waals surface area contributed by atoms with E-state index in [4.69, 9.17) is 14.5 Å². The predicted octanol–water partition coefficient (Wildman–Crippen LogP) is 6.86. The Morgan fingerprint density at radius 3 is 2.31 bits per heavy atom. The largest absolute Gasteiger partial charge is 0.461 e. The minimum atomic E-state index is -0.826. The van der Waals surface area contributed by atoms with E-state index in [-0.39, 0.29) is 12.1 Å². The third-order valence-electron chi connectivity index (χ3n) is 5.12. The van der Waals surface area contributed by atoms with Crippen LogP contribution in [-0.4, -0.2) is 22.7 Å². The van der Waals surface area contributed by atoms with Gasteiger partial charge in [-0.2, -0.15) is 0 Å². The molecule has 1 aromatic heterocycles. The van der Waals surface area contributed by atoms with Crippen molar-refractivity contribution in [1.82, 2.24) is 4.98 Å². The molecule has 29 heavy (non-hydrogen) atoms. The van der Waals surface area contributed by atoms with E-state index >= 15 is 0 Å². The molecule has 0 aliphatic heterocycles. The minimum Gasteiger partial charge on any atom is -0.461 e. The van der Waals surface area contributed by atoms with E-state index in [0.29, 0.717) is 5.41 Å². The Morgan fingerprint density at radius 1 is 1.21 bits per heavy atom.